The van der Waals surface area contributed by atoms with Crippen LogP contribution in [0.3, 0.4) is 0 Å². The number of hydrogen-bond acceptors (Lipinski definition) is 2. The number of anilines is 1. The van der Waals surface area contributed by atoms with Gasteiger partial charge in [-0.3, -0.25) is 4.79 Å². The molecule has 0 aliphatic carbocycles. The van der Waals surface area contributed by atoms with Gasteiger partial charge < -0.3 is 10.6 Å². The average Bonchev–Trinajstić information content (AvgIpc) is 2.46. The van der Waals surface area contributed by atoms with Crippen LogP contribution in [0.15, 0.2) is 53.0 Å². The molecule has 0 aliphatic heterocycles. The predicted molar refractivity (Wildman–Crippen MR) is 85.9 cm³/mol. The summed E-state index contributed by atoms with van der Waals surface area (Å²) in [4.78, 5) is 12.0. The third-order valence-corrected chi connectivity index (χ3v) is 3.36. The minimum absolute atomic E-state index is 0.0620. The zero-order chi connectivity index (χ0) is 14.4. The Labute approximate surface area is 127 Å². The van der Waals surface area contributed by atoms with E-state index < -0.39 is 0 Å². The Balaban J connectivity index is 1.94. The van der Waals surface area contributed by atoms with Gasteiger partial charge in [0.15, 0.2) is 0 Å². The number of amides is 1. The molecular formula is C16H17BrN2O. The van der Waals surface area contributed by atoms with E-state index in [1.165, 1.54) is 0 Å². The molecule has 0 heterocycles. The van der Waals surface area contributed by atoms with Crippen LogP contribution in [0, 0.1) is 0 Å². The van der Waals surface area contributed by atoms with Gasteiger partial charge in [0.05, 0.1) is 0 Å². The van der Waals surface area contributed by atoms with Crippen LogP contribution in [0.4, 0.5) is 5.69 Å². The quantitative estimate of drug-likeness (QED) is 0.874. The smallest absolute Gasteiger partial charge is 0.251 e. The van der Waals surface area contributed by atoms with E-state index in [1.807, 2.05) is 55.5 Å². The minimum atomic E-state index is -0.0620. The Kier molecular flexibility index (Phi) is 5.18. The highest BCUT2D eigenvalue weighted by Gasteiger charge is 2.05. The molecule has 104 valence electrons. The van der Waals surface area contributed by atoms with Crippen molar-refractivity contribution in [1.29, 1.82) is 0 Å². The Morgan fingerprint density at radius 3 is 2.55 bits per heavy atom. The molecule has 2 aromatic rings. The van der Waals surface area contributed by atoms with E-state index in [0.29, 0.717) is 12.1 Å². The van der Waals surface area contributed by atoms with Crippen LogP contribution in [0.25, 0.3) is 0 Å². The van der Waals surface area contributed by atoms with E-state index in [-0.39, 0.29) is 5.91 Å². The van der Waals surface area contributed by atoms with E-state index in [0.717, 1.165) is 22.3 Å². The van der Waals surface area contributed by atoms with Crippen LogP contribution >= 0.6 is 15.9 Å². The normalized spacial score (nSPS) is 10.1. The van der Waals surface area contributed by atoms with Gasteiger partial charge in [-0.2, -0.15) is 0 Å². The maximum Gasteiger partial charge on any atom is 0.251 e. The van der Waals surface area contributed by atoms with Crippen LogP contribution in [0.5, 0.6) is 0 Å². The van der Waals surface area contributed by atoms with Crippen LogP contribution in [-0.4, -0.2) is 12.5 Å². The van der Waals surface area contributed by atoms with Gasteiger partial charge in [0.2, 0.25) is 0 Å². The van der Waals surface area contributed by atoms with E-state index in [4.69, 9.17) is 0 Å². The first-order valence-electron chi connectivity index (χ1n) is 6.55. The Hall–Kier alpha value is -1.81. The molecule has 0 spiro atoms. The van der Waals surface area contributed by atoms with E-state index >= 15 is 0 Å². The van der Waals surface area contributed by atoms with Crippen molar-refractivity contribution in [2.45, 2.75) is 13.5 Å². The molecule has 2 rings (SSSR count). The summed E-state index contributed by atoms with van der Waals surface area (Å²) >= 11 is 3.42. The van der Waals surface area contributed by atoms with Gasteiger partial charge in [-0.05, 0) is 48.9 Å². The maximum atomic E-state index is 12.0. The summed E-state index contributed by atoms with van der Waals surface area (Å²) in [7, 11) is 0. The molecule has 4 heteroatoms. The summed E-state index contributed by atoms with van der Waals surface area (Å²) in [5.74, 6) is -0.0620. The molecule has 2 aromatic carbocycles. The van der Waals surface area contributed by atoms with Crippen molar-refractivity contribution in [3.05, 3.63) is 64.1 Å². The highest BCUT2D eigenvalue weighted by molar-refractivity contribution is 9.10. The molecule has 0 aromatic heterocycles. The second-order valence-electron chi connectivity index (χ2n) is 4.42. The third kappa shape index (κ3) is 4.10. The van der Waals surface area contributed by atoms with Crippen molar-refractivity contribution in [1.82, 2.24) is 5.32 Å². The molecule has 1 amide bonds. The molecule has 0 radical (unpaired) electrons. The SMILES string of the molecule is CCNc1ccc(C(=O)NCc2cccc(Br)c2)cc1. The number of halogens is 1. The molecule has 0 aliphatic rings. The molecule has 20 heavy (non-hydrogen) atoms. The summed E-state index contributed by atoms with van der Waals surface area (Å²) in [6, 6.07) is 15.4. The van der Waals surface area contributed by atoms with Gasteiger partial charge in [0.25, 0.3) is 5.91 Å². The fourth-order valence-corrected chi connectivity index (χ4v) is 2.32. The van der Waals surface area contributed by atoms with Gasteiger partial charge >= 0.3 is 0 Å². The first-order valence-corrected chi connectivity index (χ1v) is 7.35. The summed E-state index contributed by atoms with van der Waals surface area (Å²) < 4.78 is 1.01. The Morgan fingerprint density at radius 1 is 1.15 bits per heavy atom. The lowest BCUT2D eigenvalue weighted by atomic mass is 10.1. The maximum absolute atomic E-state index is 12.0. The van der Waals surface area contributed by atoms with E-state index in [1.54, 1.807) is 0 Å². The fourth-order valence-electron chi connectivity index (χ4n) is 1.87. The van der Waals surface area contributed by atoms with Crippen molar-refractivity contribution in [2.24, 2.45) is 0 Å². The summed E-state index contributed by atoms with van der Waals surface area (Å²) in [5, 5.41) is 6.11. The molecule has 3 nitrogen and oxygen atoms in total. The van der Waals surface area contributed by atoms with Gasteiger partial charge in [0.1, 0.15) is 0 Å². The summed E-state index contributed by atoms with van der Waals surface area (Å²) in [5.41, 5.74) is 2.76. The second kappa shape index (κ2) is 7.10. The molecule has 0 saturated carbocycles. The Morgan fingerprint density at radius 2 is 1.90 bits per heavy atom. The standard InChI is InChI=1S/C16H17BrN2O/c1-2-18-15-8-6-13(7-9-15)16(20)19-11-12-4-3-5-14(17)10-12/h3-10,18H,2,11H2,1H3,(H,19,20). The van der Waals surface area contributed by atoms with E-state index in [2.05, 4.69) is 26.6 Å². The topological polar surface area (TPSA) is 41.1 Å². The molecule has 0 unspecified atom stereocenters. The predicted octanol–water partition coefficient (Wildman–Crippen LogP) is 3.81. The number of nitrogens with one attached hydrogen (secondary N) is 2. The van der Waals surface area contributed by atoms with Crippen LogP contribution in [0.2, 0.25) is 0 Å². The van der Waals surface area contributed by atoms with Gasteiger partial charge in [-0.25, -0.2) is 0 Å². The van der Waals surface area contributed by atoms with Gasteiger partial charge in [0, 0.05) is 28.8 Å². The monoisotopic (exact) mass is 332 g/mol. The summed E-state index contributed by atoms with van der Waals surface area (Å²) in [6.07, 6.45) is 0. The number of rotatable bonds is 5. The van der Waals surface area contributed by atoms with Crippen molar-refractivity contribution in [3.63, 3.8) is 0 Å². The zero-order valence-electron chi connectivity index (χ0n) is 11.3. The lowest BCUT2D eigenvalue weighted by Crippen LogP contribution is -2.22. The summed E-state index contributed by atoms with van der Waals surface area (Å²) in [6.45, 7) is 3.43. The Bertz CT molecular complexity index is 581. The largest absolute Gasteiger partial charge is 0.385 e. The minimum Gasteiger partial charge on any atom is -0.385 e. The molecular weight excluding hydrogens is 316 g/mol. The van der Waals surface area contributed by atoms with Crippen molar-refractivity contribution >= 4 is 27.5 Å². The fraction of sp³-hybridized carbons (Fsp3) is 0.188. The van der Waals surface area contributed by atoms with Crippen LogP contribution in [0.1, 0.15) is 22.8 Å². The molecule has 0 saturated heterocycles. The lowest BCUT2D eigenvalue weighted by molar-refractivity contribution is 0.0951. The van der Waals surface area contributed by atoms with Crippen LogP contribution in [-0.2, 0) is 6.54 Å². The highest BCUT2D eigenvalue weighted by atomic mass is 79.9. The lowest BCUT2D eigenvalue weighted by Gasteiger charge is -2.07. The molecule has 2 N–H and O–H groups in total. The molecule has 0 fully saturated rings. The number of carbonyl (C=O) groups excluding carboxylic acids is 1. The van der Waals surface area contributed by atoms with Crippen molar-refractivity contribution in [3.8, 4) is 0 Å². The van der Waals surface area contributed by atoms with Crippen molar-refractivity contribution < 1.29 is 4.79 Å². The zero-order valence-corrected chi connectivity index (χ0v) is 12.9. The first kappa shape index (κ1) is 14.6. The first-order chi connectivity index (χ1) is 9.69. The second-order valence-corrected chi connectivity index (χ2v) is 5.34. The van der Waals surface area contributed by atoms with Gasteiger partial charge in [-0.15, -0.1) is 0 Å². The van der Waals surface area contributed by atoms with Gasteiger partial charge in [-0.1, -0.05) is 28.1 Å². The number of hydrogen-bond donors (Lipinski definition) is 2. The van der Waals surface area contributed by atoms with Crippen molar-refractivity contribution in [2.75, 3.05) is 11.9 Å². The molecule has 0 atom stereocenters. The highest BCUT2D eigenvalue weighted by Crippen LogP contribution is 2.12. The number of carbonyl (C=O) groups is 1. The van der Waals surface area contributed by atoms with E-state index in [9.17, 15) is 4.79 Å². The van der Waals surface area contributed by atoms with Crippen LogP contribution < -0.4 is 10.6 Å². The molecule has 0 bridgehead atoms. The number of benzene rings is 2. The average molecular weight is 333 g/mol. The third-order valence-electron chi connectivity index (χ3n) is 2.87.